The topological polar surface area (TPSA) is 84.7 Å². The van der Waals surface area contributed by atoms with Crippen LogP contribution in [0.4, 0.5) is 4.79 Å². The van der Waals surface area contributed by atoms with Crippen LogP contribution in [0.25, 0.3) is 11.3 Å². The second kappa shape index (κ2) is 7.43. The highest BCUT2D eigenvalue weighted by Crippen LogP contribution is 2.34. The molecular formula is C22H21N3O4. The predicted octanol–water partition coefficient (Wildman–Crippen LogP) is 3.71. The summed E-state index contributed by atoms with van der Waals surface area (Å²) in [4.78, 5) is 31.3. The van der Waals surface area contributed by atoms with E-state index in [1.165, 1.54) is 0 Å². The van der Waals surface area contributed by atoms with E-state index in [9.17, 15) is 9.59 Å². The third kappa shape index (κ3) is 3.24. The number of oxazole rings is 1. The minimum Gasteiger partial charge on any atom is -0.497 e. The van der Waals surface area contributed by atoms with Gasteiger partial charge in [0.15, 0.2) is 5.76 Å². The maximum atomic E-state index is 13.2. The number of hydrogen-bond acceptors (Lipinski definition) is 5. The zero-order valence-electron chi connectivity index (χ0n) is 16.2. The number of benzene rings is 2. The first-order valence-corrected chi connectivity index (χ1v) is 9.36. The standard InChI is InChI=1S/C22H21N3O4/c1-3-22(16-9-11-17(28-2)12-10-16)20(26)25(21(27)24-22)14-19-23-13-18(29-19)15-7-5-4-6-8-15/h4-13H,3,14H2,1-2H3,(H,24,27)/t22-/m1/s1. The molecule has 7 nitrogen and oxygen atoms in total. The van der Waals surface area contributed by atoms with Gasteiger partial charge in [-0.3, -0.25) is 9.69 Å². The van der Waals surface area contributed by atoms with Crippen LogP contribution in [-0.2, 0) is 16.9 Å². The van der Waals surface area contributed by atoms with Crippen LogP contribution >= 0.6 is 0 Å². The normalized spacial score (nSPS) is 18.8. The first kappa shape index (κ1) is 18.7. The monoisotopic (exact) mass is 391 g/mol. The summed E-state index contributed by atoms with van der Waals surface area (Å²) >= 11 is 0. The van der Waals surface area contributed by atoms with Crippen molar-refractivity contribution < 1.29 is 18.7 Å². The number of carbonyl (C=O) groups excluding carboxylic acids is 2. The molecule has 0 aliphatic carbocycles. The lowest BCUT2D eigenvalue weighted by molar-refractivity contribution is -0.132. The molecule has 1 N–H and O–H groups in total. The Kier molecular flexibility index (Phi) is 4.80. The molecule has 1 atom stereocenters. The molecule has 0 unspecified atom stereocenters. The molecule has 148 valence electrons. The minimum atomic E-state index is -1.11. The second-order valence-electron chi connectivity index (χ2n) is 6.79. The van der Waals surface area contributed by atoms with Crippen LogP contribution in [0.2, 0.25) is 0 Å². The Morgan fingerprint density at radius 2 is 1.83 bits per heavy atom. The fourth-order valence-corrected chi connectivity index (χ4v) is 3.54. The fourth-order valence-electron chi connectivity index (χ4n) is 3.54. The third-order valence-electron chi connectivity index (χ3n) is 5.19. The molecule has 0 spiro atoms. The van der Waals surface area contributed by atoms with Gasteiger partial charge in [0.25, 0.3) is 5.91 Å². The van der Waals surface area contributed by atoms with E-state index in [1.807, 2.05) is 37.3 Å². The summed E-state index contributed by atoms with van der Waals surface area (Å²) in [6, 6.07) is 16.2. The maximum Gasteiger partial charge on any atom is 0.325 e. The van der Waals surface area contributed by atoms with Gasteiger partial charge in [0, 0.05) is 5.56 Å². The van der Waals surface area contributed by atoms with E-state index in [2.05, 4.69) is 10.3 Å². The number of imide groups is 1. The van der Waals surface area contributed by atoms with E-state index in [1.54, 1.807) is 37.6 Å². The van der Waals surface area contributed by atoms with Crippen molar-refractivity contribution in [2.75, 3.05) is 7.11 Å². The van der Waals surface area contributed by atoms with Crippen molar-refractivity contribution in [1.82, 2.24) is 15.2 Å². The summed E-state index contributed by atoms with van der Waals surface area (Å²) < 4.78 is 10.9. The number of hydrogen-bond donors (Lipinski definition) is 1. The highest BCUT2D eigenvalue weighted by Gasteiger charge is 2.51. The third-order valence-corrected chi connectivity index (χ3v) is 5.19. The van der Waals surface area contributed by atoms with Crippen molar-refractivity contribution in [3.05, 3.63) is 72.2 Å². The largest absolute Gasteiger partial charge is 0.497 e. The summed E-state index contributed by atoms with van der Waals surface area (Å²) in [5.74, 6) is 1.25. The van der Waals surface area contributed by atoms with Crippen LogP contribution in [0.1, 0.15) is 24.8 Å². The molecule has 3 aromatic rings. The fraction of sp³-hybridized carbons (Fsp3) is 0.227. The number of ether oxygens (including phenoxy) is 1. The second-order valence-corrected chi connectivity index (χ2v) is 6.79. The van der Waals surface area contributed by atoms with Crippen molar-refractivity contribution in [3.63, 3.8) is 0 Å². The van der Waals surface area contributed by atoms with Gasteiger partial charge < -0.3 is 14.5 Å². The van der Waals surface area contributed by atoms with Gasteiger partial charge in [-0.15, -0.1) is 0 Å². The Bertz CT molecular complexity index is 1030. The van der Waals surface area contributed by atoms with E-state index in [-0.39, 0.29) is 12.5 Å². The number of nitrogens with zero attached hydrogens (tertiary/aromatic N) is 2. The van der Waals surface area contributed by atoms with Gasteiger partial charge in [-0.2, -0.15) is 0 Å². The van der Waals surface area contributed by atoms with Crippen LogP contribution in [0.15, 0.2) is 65.2 Å². The lowest BCUT2D eigenvalue weighted by Gasteiger charge is -2.25. The minimum absolute atomic E-state index is 0.0323. The van der Waals surface area contributed by atoms with Crippen molar-refractivity contribution in [2.45, 2.75) is 25.4 Å². The van der Waals surface area contributed by atoms with E-state index in [0.717, 1.165) is 10.5 Å². The molecule has 2 heterocycles. The number of amides is 3. The Morgan fingerprint density at radius 3 is 2.48 bits per heavy atom. The van der Waals surface area contributed by atoms with Gasteiger partial charge >= 0.3 is 6.03 Å². The van der Waals surface area contributed by atoms with E-state index < -0.39 is 11.6 Å². The number of nitrogens with one attached hydrogen (secondary N) is 1. The zero-order valence-corrected chi connectivity index (χ0v) is 16.2. The smallest absolute Gasteiger partial charge is 0.325 e. The van der Waals surface area contributed by atoms with Crippen molar-refractivity contribution in [3.8, 4) is 17.1 Å². The molecule has 4 rings (SSSR count). The maximum absolute atomic E-state index is 13.2. The summed E-state index contributed by atoms with van der Waals surface area (Å²) in [5.41, 5.74) is 0.474. The molecule has 0 saturated carbocycles. The summed E-state index contributed by atoms with van der Waals surface area (Å²) in [5, 5.41) is 2.86. The van der Waals surface area contributed by atoms with Gasteiger partial charge in [-0.25, -0.2) is 9.78 Å². The molecule has 1 aromatic heterocycles. The molecule has 2 aromatic carbocycles. The van der Waals surface area contributed by atoms with E-state index >= 15 is 0 Å². The predicted molar refractivity (Wildman–Crippen MR) is 106 cm³/mol. The molecule has 1 saturated heterocycles. The number of rotatable bonds is 6. The summed E-state index contributed by atoms with van der Waals surface area (Å²) in [7, 11) is 1.58. The van der Waals surface area contributed by atoms with Crippen LogP contribution in [0.5, 0.6) is 5.75 Å². The van der Waals surface area contributed by atoms with Gasteiger partial charge in [-0.05, 0) is 24.1 Å². The number of aromatic nitrogens is 1. The van der Waals surface area contributed by atoms with Gasteiger partial charge in [0.1, 0.15) is 17.8 Å². The number of carbonyl (C=O) groups is 2. The summed E-state index contributed by atoms with van der Waals surface area (Å²) in [6.07, 6.45) is 2.01. The Morgan fingerprint density at radius 1 is 1.10 bits per heavy atom. The highest BCUT2D eigenvalue weighted by atomic mass is 16.5. The Balaban J connectivity index is 1.58. The van der Waals surface area contributed by atoms with E-state index in [4.69, 9.17) is 9.15 Å². The average Bonchev–Trinajstić information content (AvgIpc) is 3.33. The SMILES string of the molecule is CC[C@]1(c2ccc(OC)cc2)NC(=O)N(Cc2ncc(-c3ccccc3)o2)C1=O. The van der Waals surface area contributed by atoms with Crippen LogP contribution < -0.4 is 10.1 Å². The molecule has 1 aliphatic heterocycles. The first-order chi connectivity index (χ1) is 14.1. The first-order valence-electron chi connectivity index (χ1n) is 9.36. The molecule has 3 amide bonds. The van der Waals surface area contributed by atoms with Crippen molar-refractivity contribution in [1.29, 1.82) is 0 Å². The lowest BCUT2D eigenvalue weighted by atomic mass is 9.87. The molecule has 7 heteroatoms. The molecule has 1 aliphatic rings. The molecule has 0 bridgehead atoms. The molecule has 1 fully saturated rings. The van der Waals surface area contributed by atoms with E-state index in [0.29, 0.717) is 29.4 Å². The lowest BCUT2D eigenvalue weighted by Crippen LogP contribution is -2.43. The summed E-state index contributed by atoms with van der Waals surface area (Å²) in [6.45, 7) is 1.83. The number of urea groups is 1. The molecular weight excluding hydrogens is 370 g/mol. The molecule has 0 radical (unpaired) electrons. The zero-order chi connectivity index (χ0) is 20.4. The average molecular weight is 391 g/mol. The number of methoxy groups -OCH3 is 1. The van der Waals surface area contributed by atoms with Crippen LogP contribution in [-0.4, -0.2) is 28.9 Å². The quantitative estimate of drug-likeness (QED) is 0.648. The van der Waals surface area contributed by atoms with Gasteiger partial charge in [-0.1, -0.05) is 49.4 Å². The van der Waals surface area contributed by atoms with Gasteiger partial charge in [0.2, 0.25) is 5.89 Å². The highest BCUT2D eigenvalue weighted by molar-refractivity contribution is 6.07. The van der Waals surface area contributed by atoms with Crippen LogP contribution in [0.3, 0.4) is 0 Å². The molecule has 29 heavy (non-hydrogen) atoms. The Labute approximate surface area is 168 Å². The van der Waals surface area contributed by atoms with Crippen molar-refractivity contribution >= 4 is 11.9 Å². The van der Waals surface area contributed by atoms with Crippen molar-refractivity contribution in [2.24, 2.45) is 0 Å². The van der Waals surface area contributed by atoms with Crippen LogP contribution in [0, 0.1) is 0 Å². The Hall–Kier alpha value is -3.61. The van der Waals surface area contributed by atoms with Gasteiger partial charge in [0.05, 0.1) is 13.3 Å².